The van der Waals surface area contributed by atoms with Crippen molar-refractivity contribution in [3.05, 3.63) is 36.0 Å². The third-order valence-corrected chi connectivity index (χ3v) is 2.69. The lowest BCUT2D eigenvalue weighted by Crippen LogP contribution is -2.19. The molecule has 0 aromatic carbocycles. The van der Waals surface area contributed by atoms with Crippen LogP contribution in [0.2, 0.25) is 0 Å². The lowest BCUT2D eigenvalue weighted by Gasteiger charge is -2.24. The van der Waals surface area contributed by atoms with Crippen molar-refractivity contribution in [2.45, 2.75) is 13.0 Å². The Morgan fingerprint density at radius 1 is 1.53 bits per heavy atom. The van der Waals surface area contributed by atoms with Gasteiger partial charge in [0.1, 0.15) is 18.1 Å². The van der Waals surface area contributed by atoms with E-state index in [2.05, 4.69) is 9.97 Å². The van der Waals surface area contributed by atoms with E-state index >= 15 is 0 Å². The van der Waals surface area contributed by atoms with E-state index in [0.717, 1.165) is 0 Å². The first kappa shape index (κ1) is 9.83. The molecule has 0 fully saturated rings. The van der Waals surface area contributed by atoms with Crippen LogP contribution in [0.1, 0.15) is 29.2 Å². The molecule has 3 heterocycles. The number of imidazole rings is 1. The maximum atomic E-state index is 11.0. The van der Waals surface area contributed by atoms with Crippen molar-refractivity contribution in [1.82, 2.24) is 14.5 Å². The normalized spacial score (nSPS) is 16.9. The molecule has 86 valence electrons. The summed E-state index contributed by atoms with van der Waals surface area (Å²) in [4.78, 5) is 19.1. The third kappa shape index (κ3) is 1.30. The van der Waals surface area contributed by atoms with Gasteiger partial charge in [0.25, 0.3) is 0 Å². The van der Waals surface area contributed by atoms with Crippen molar-refractivity contribution >= 4 is 5.97 Å². The maximum absolute atomic E-state index is 11.0. The smallest absolute Gasteiger partial charge is 0.356 e. The van der Waals surface area contributed by atoms with Crippen molar-refractivity contribution in [2.24, 2.45) is 0 Å². The summed E-state index contributed by atoms with van der Waals surface area (Å²) in [5.41, 5.74) is 1.27. The van der Waals surface area contributed by atoms with Gasteiger partial charge in [-0.3, -0.25) is 4.57 Å². The Bertz CT molecular complexity index is 606. The molecule has 6 nitrogen and oxygen atoms in total. The van der Waals surface area contributed by atoms with Crippen LogP contribution >= 0.6 is 0 Å². The second kappa shape index (κ2) is 3.31. The predicted octanol–water partition coefficient (Wildman–Crippen LogP) is 1.42. The van der Waals surface area contributed by atoms with E-state index in [1.54, 1.807) is 23.8 Å². The molecule has 3 rings (SSSR count). The van der Waals surface area contributed by atoms with Gasteiger partial charge in [-0.2, -0.15) is 0 Å². The average molecular weight is 231 g/mol. The number of rotatable bonds is 1. The second-order valence-electron chi connectivity index (χ2n) is 3.74. The van der Waals surface area contributed by atoms with E-state index in [0.29, 0.717) is 17.3 Å². The zero-order chi connectivity index (χ0) is 12.0. The van der Waals surface area contributed by atoms with E-state index in [4.69, 9.17) is 9.84 Å². The number of carboxylic acids is 1. The number of carbonyl (C=O) groups is 1. The van der Waals surface area contributed by atoms with Gasteiger partial charge in [-0.25, -0.2) is 14.8 Å². The van der Waals surface area contributed by atoms with Gasteiger partial charge in [-0.15, -0.1) is 0 Å². The Kier molecular flexibility index (Phi) is 1.91. The van der Waals surface area contributed by atoms with E-state index in [1.165, 1.54) is 6.33 Å². The number of ether oxygens (including phenoxy) is 1. The summed E-state index contributed by atoms with van der Waals surface area (Å²) in [5, 5.41) is 9.05. The topological polar surface area (TPSA) is 77.2 Å². The van der Waals surface area contributed by atoms with Gasteiger partial charge < -0.3 is 9.84 Å². The molecule has 0 spiro atoms. The lowest BCUT2D eigenvalue weighted by atomic mass is 10.2. The number of nitrogens with zero attached hydrogens (tertiary/aromatic N) is 3. The SMILES string of the molecule is CC1Oc2ncccc2-n2cnc(C(=O)O)c21. The highest BCUT2D eigenvalue weighted by Crippen LogP contribution is 2.34. The van der Waals surface area contributed by atoms with Gasteiger partial charge in [0.15, 0.2) is 5.69 Å². The highest BCUT2D eigenvalue weighted by molar-refractivity contribution is 5.87. The molecule has 1 aliphatic rings. The van der Waals surface area contributed by atoms with Crippen LogP contribution in [0.5, 0.6) is 5.88 Å². The van der Waals surface area contributed by atoms with Crippen LogP contribution in [-0.2, 0) is 0 Å². The highest BCUT2D eigenvalue weighted by Gasteiger charge is 2.29. The number of aromatic nitrogens is 3. The molecule has 1 unspecified atom stereocenters. The molecule has 0 bridgehead atoms. The molecule has 0 amide bonds. The number of hydrogen-bond acceptors (Lipinski definition) is 4. The molecule has 2 aromatic heterocycles. The minimum atomic E-state index is -1.05. The molecular weight excluding hydrogens is 222 g/mol. The number of carboxylic acid groups (broad SMARTS) is 1. The van der Waals surface area contributed by atoms with Crippen molar-refractivity contribution in [1.29, 1.82) is 0 Å². The van der Waals surface area contributed by atoms with Crippen LogP contribution in [0.25, 0.3) is 5.69 Å². The summed E-state index contributed by atoms with van der Waals surface area (Å²) in [5.74, 6) is -0.566. The quantitative estimate of drug-likeness (QED) is 0.803. The lowest BCUT2D eigenvalue weighted by molar-refractivity contribution is 0.0684. The van der Waals surface area contributed by atoms with Crippen molar-refractivity contribution in [3.63, 3.8) is 0 Å². The minimum Gasteiger partial charge on any atom is -0.476 e. The van der Waals surface area contributed by atoms with Crippen molar-refractivity contribution < 1.29 is 14.6 Å². The summed E-state index contributed by atoms with van der Waals surface area (Å²) in [6.45, 7) is 1.78. The van der Waals surface area contributed by atoms with Crippen LogP contribution in [-0.4, -0.2) is 25.6 Å². The van der Waals surface area contributed by atoms with Crippen molar-refractivity contribution in [3.8, 4) is 11.6 Å². The molecule has 1 N–H and O–H groups in total. The summed E-state index contributed by atoms with van der Waals surface area (Å²) in [6, 6.07) is 3.58. The van der Waals surface area contributed by atoms with Crippen LogP contribution in [0.3, 0.4) is 0 Å². The molecule has 17 heavy (non-hydrogen) atoms. The number of hydrogen-bond donors (Lipinski definition) is 1. The van der Waals surface area contributed by atoms with Crippen molar-refractivity contribution in [2.75, 3.05) is 0 Å². The van der Waals surface area contributed by atoms with Crippen LogP contribution in [0, 0.1) is 0 Å². The zero-order valence-corrected chi connectivity index (χ0v) is 8.99. The van der Waals surface area contributed by atoms with E-state index in [-0.39, 0.29) is 11.8 Å². The molecule has 0 radical (unpaired) electrons. The first-order valence-electron chi connectivity index (χ1n) is 5.11. The first-order chi connectivity index (χ1) is 8.18. The largest absolute Gasteiger partial charge is 0.476 e. The highest BCUT2D eigenvalue weighted by atomic mass is 16.5. The Balaban J connectivity index is 2.27. The molecule has 6 heteroatoms. The van der Waals surface area contributed by atoms with Crippen LogP contribution < -0.4 is 4.74 Å². The van der Waals surface area contributed by atoms with E-state index in [9.17, 15) is 4.79 Å². The number of fused-ring (bicyclic) bond motifs is 3. The van der Waals surface area contributed by atoms with E-state index < -0.39 is 5.97 Å². The number of pyridine rings is 1. The van der Waals surface area contributed by atoms with Gasteiger partial charge in [0, 0.05) is 6.20 Å². The maximum Gasteiger partial charge on any atom is 0.356 e. The first-order valence-corrected chi connectivity index (χ1v) is 5.11. The summed E-state index contributed by atoms with van der Waals surface area (Å²) in [7, 11) is 0. The molecule has 0 saturated carbocycles. The Hall–Kier alpha value is -2.37. The van der Waals surface area contributed by atoms with Crippen LogP contribution in [0.15, 0.2) is 24.7 Å². The van der Waals surface area contributed by atoms with E-state index in [1.807, 2.05) is 6.07 Å². The molecule has 1 aliphatic heterocycles. The predicted molar refractivity (Wildman–Crippen MR) is 57.4 cm³/mol. The molecule has 2 aromatic rings. The second-order valence-corrected chi connectivity index (χ2v) is 3.74. The summed E-state index contributed by atoms with van der Waals surface area (Å²) in [6.07, 6.45) is 2.73. The fraction of sp³-hybridized carbons (Fsp3) is 0.182. The van der Waals surface area contributed by atoms with Gasteiger partial charge in [-0.05, 0) is 19.1 Å². The average Bonchev–Trinajstić information content (AvgIpc) is 2.74. The number of aromatic carboxylic acids is 1. The van der Waals surface area contributed by atoms with Gasteiger partial charge in [0.05, 0.1) is 5.69 Å². The fourth-order valence-electron chi connectivity index (χ4n) is 1.98. The molecule has 1 atom stereocenters. The van der Waals surface area contributed by atoms with Crippen LogP contribution in [0.4, 0.5) is 0 Å². The third-order valence-electron chi connectivity index (χ3n) is 2.69. The fourth-order valence-corrected chi connectivity index (χ4v) is 1.98. The van der Waals surface area contributed by atoms with Gasteiger partial charge in [0.2, 0.25) is 5.88 Å². The molecular formula is C11H9N3O3. The summed E-state index contributed by atoms with van der Waals surface area (Å²) >= 11 is 0. The molecule has 0 saturated heterocycles. The standard InChI is InChI=1S/C11H9N3O3/c1-6-9-8(11(15)16)13-5-14(9)7-3-2-4-12-10(7)17-6/h2-6H,1H3,(H,15,16). The van der Waals surface area contributed by atoms with Gasteiger partial charge >= 0.3 is 5.97 Å². The zero-order valence-electron chi connectivity index (χ0n) is 8.99. The minimum absolute atomic E-state index is 0.0204. The molecule has 0 aliphatic carbocycles. The Labute approximate surface area is 96.5 Å². The Morgan fingerprint density at radius 3 is 3.12 bits per heavy atom. The van der Waals surface area contributed by atoms with Gasteiger partial charge in [-0.1, -0.05) is 0 Å². The monoisotopic (exact) mass is 231 g/mol. The Morgan fingerprint density at radius 2 is 2.35 bits per heavy atom. The summed E-state index contributed by atoms with van der Waals surface area (Å²) < 4.78 is 7.28.